The van der Waals surface area contributed by atoms with Crippen LogP contribution in [0.3, 0.4) is 0 Å². The lowest BCUT2D eigenvalue weighted by Crippen LogP contribution is -2.27. The number of carbonyl (C=O) groups is 1. The van der Waals surface area contributed by atoms with Gasteiger partial charge in [0.1, 0.15) is 10.8 Å². The molecule has 1 aromatic carbocycles. The Kier molecular flexibility index (Phi) is 6.65. The smallest absolute Gasteiger partial charge is 0.220 e. The van der Waals surface area contributed by atoms with Gasteiger partial charge in [0, 0.05) is 42.7 Å². The first-order valence-electron chi connectivity index (χ1n) is 9.02. The van der Waals surface area contributed by atoms with Crippen LogP contribution in [0, 0.1) is 5.82 Å². The Morgan fingerprint density at radius 2 is 2.07 bits per heavy atom. The summed E-state index contributed by atoms with van der Waals surface area (Å²) in [6.07, 6.45) is 5.46. The van der Waals surface area contributed by atoms with Crippen LogP contribution < -0.4 is 5.32 Å². The fourth-order valence-corrected chi connectivity index (χ4v) is 3.75. The molecule has 2 aromatic heterocycles. The molecular weight excluding hydrogens is 361 g/mol. The third kappa shape index (κ3) is 5.44. The number of nitrogens with one attached hydrogen (secondary N) is 1. The topological polar surface area (TPSA) is 54.9 Å². The summed E-state index contributed by atoms with van der Waals surface area (Å²) in [6.45, 7) is 2.59. The molecule has 140 valence electrons. The first-order chi connectivity index (χ1) is 13.2. The van der Waals surface area contributed by atoms with Gasteiger partial charge in [-0.25, -0.2) is 9.37 Å². The third-order valence-corrected chi connectivity index (χ3v) is 5.37. The number of halogens is 1. The Balaban J connectivity index is 1.48. The number of thiazole rings is 1. The maximum absolute atomic E-state index is 13.1. The highest BCUT2D eigenvalue weighted by Gasteiger charge is 2.14. The van der Waals surface area contributed by atoms with Gasteiger partial charge < -0.3 is 5.32 Å². The van der Waals surface area contributed by atoms with Crippen molar-refractivity contribution in [2.24, 2.45) is 0 Å². The highest BCUT2D eigenvalue weighted by Crippen LogP contribution is 2.24. The molecule has 0 radical (unpaired) electrons. The fourth-order valence-electron chi connectivity index (χ4n) is 2.90. The number of rotatable bonds is 8. The lowest BCUT2D eigenvalue weighted by atomic mass is 9.93. The molecule has 2 heterocycles. The summed E-state index contributed by atoms with van der Waals surface area (Å²) in [6, 6.07) is 10.3. The maximum Gasteiger partial charge on any atom is 0.220 e. The lowest BCUT2D eigenvalue weighted by Gasteiger charge is -2.15. The SMILES string of the molecule is CCC(CC(=O)NCCc1csc(-c2cccnc2)n1)c1ccc(F)cc1. The van der Waals surface area contributed by atoms with Crippen LogP contribution in [0.4, 0.5) is 4.39 Å². The van der Waals surface area contributed by atoms with E-state index in [0.717, 1.165) is 28.2 Å². The molecule has 0 aliphatic rings. The molecule has 0 aliphatic carbocycles. The van der Waals surface area contributed by atoms with Gasteiger partial charge in [-0.1, -0.05) is 19.1 Å². The average Bonchev–Trinajstić information content (AvgIpc) is 3.16. The molecule has 0 saturated heterocycles. The molecule has 4 nitrogen and oxygen atoms in total. The number of benzene rings is 1. The molecule has 3 rings (SSSR count). The van der Waals surface area contributed by atoms with Crippen LogP contribution >= 0.6 is 11.3 Å². The van der Waals surface area contributed by atoms with Crippen molar-refractivity contribution in [1.29, 1.82) is 0 Å². The molecule has 1 amide bonds. The molecule has 27 heavy (non-hydrogen) atoms. The predicted molar refractivity (Wildman–Crippen MR) is 106 cm³/mol. The Bertz CT molecular complexity index is 865. The van der Waals surface area contributed by atoms with Gasteiger partial charge in [0.05, 0.1) is 5.69 Å². The van der Waals surface area contributed by atoms with Gasteiger partial charge >= 0.3 is 0 Å². The van der Waals surface area contributed by atoms with Gasteiger partial charge in [0.2, 0.25) is 5.91 Å². The summed E-state index contributed by atoms with van der Waals surface area (Å²) >= 11 is 1.58. The number of nitrogens with zero attached hydrogens (tertiary/aromatic N) is 2. The fraction of sp³-hybridized carbons (Fsp3) is 0.286. The third-order valence-electron chi connectivity index (χ3n) is 4.43. The Hall–Kier alpha value is -2.60. The van der Waals surface area contributed by atoms with Crippen molar-refractivity contribution < 1.29 is 9.18 Å². The van der Waals surface area contributed by atoms with Crippen molar-refractivity contribution in [3.05, 3.63) is 71.2 Å². The highest BCUT2D eigenvalue weighted by atomic mass is 32.1. The van der Waals surface area contributed by atoms with E-state index >= 15 is 0 Å². The zero-order chi connectivity index (χ0) is 19.1. The van der Waals surface area contributed by atoms with E-state index < -0.39 is 0 Å². The van der Waals surface area contributed by atoms with E-state index in [1.54, 1.807) is 35.9 Å². The van der Waals surface area contributed by atoms with E-state index in [2.05, 4.69) is 15.3 Å². The van der Waals surface area contributed by atoms with Crippen molar-refractivity contribution in [2.75, 3.05) is 6.54 Å². The second kappa shape index (κ2) is 9.37. The molecule has 1 N–H and O–H groups in total. The van der Waals surface area contributed by atoms with Gasteiger partial charge in [-0.3, -0.25) is 9.78 Å². The largest absolute Gasteiger partial charge is 0.356 e. The second-order valence-corrected chi connectivity index (χ2v) is 7.20. The zero-order valence-corrected chi connectivity index (χ0v) is 16.0. The number of carbonyl (C=O) groups excluding carboxylic acids is 1. The molecular formula is C21H22FN3OS. The highest BCUT2D eigenvalue weighted by molar-refractivity contribution is 7.13. The molecule has 1 unspecified atom stereocenters. The Morgan fingerprint density at radius 1 is 1.26 bits per heavy atom. The van der Waals surface area contributed by atoms with E-state index in [1.807, 2.05) is 24.4 Å². The van der Waals surface area contributed by atoms with Gasteiger partial charge in [-0.2, -0.15) is 0 Å². The van der Waals surface area contributed by atoms with Crippen molar-refractivity contribution in [2.45, 2.75) is 32.1 Å². The Morgan fingerprint density at radius 3 is 2.78 bits per heavy atom. The minimum absolute atomic E-state index is 0.00823. The quantitative estimate of drug-likeness (QED) is 0.619. The van der Waals surface area contributed by atoms with Gasteiger partial charge in [0.15, 0.2) is 0 Å². The van der Waals surface area contributed by atoms with Crippen molar-refractivity contribution in [3.8, 4) is 10.6 Å². The summed E-state index contributed by atoms with van der Waals surface area (Å²) in [4.78, 5) is 21.0. The zero-order valence-electron chi connectivity index (χ0n) is 15.2. The first-order valence-corrected chi connectivity index (χ1v) is 9.90. The van der Waals surface area contributed by atoms with E-state index in [1.165, 1.54) is 12.1 Å². The van der Waals surface area contributed by atoms with Crippen LogP contribution in [0.5, 0.6) is 0 Å². The summed E-state index contributed by atoms with van der Waals surface area (Å²) in [5.41, 5.74) is 2.96. The van der Waals surface area contributed by atoms with Crippen molar-refractivity contribution in [3.63, 3.8) is 0 Å². The summed E-state index contributed by atoms with van der Waals surface area (Å²) in [7, 11) is 0. The second-order valence-electron chi connectivity index (χ2n) is 6.35. The van der Waals surface area contributed by atoms with E-state index in [9.17, 15) is 9.18 Å². The number of pyridine rings is 1. The number of amides is 1. The molecule has 6 heteroatoms. The molecule has 0 fully saturated rings. The van der Waals surface area contributed by atoms with E-state index in [0.29, 0.717) is 19.4 Å². The van der Waals surface area contributed by atoms with Crippen LogP contribution in [0.15, 0.2) is 54.2 Å². The maximum atomic E-state index is 13.1. The lowest BCUT2D eigenvalue weighted by molar-refractivity contribution is -0.121. The van der Waals surface area contributed by atoms with Crippen molar-refractivity contribution >= 4 is 17.2 Å². The molecule has 0 spiro atoms. The summed E-state index contributed by atoms with van der Waals surface area (Å²) in [5, 5.41) is 5.92. The van der Waals surface area contributed by atoms with Crippen LogP contribution in [0.25, 0.3) is 10.6 Å². The first kappa shape index (κ1) is 19.2. The normalized spacial score (nSPS) is 11.9. The predicted octanol–water partition coefficient (Wildman–Crippen LogP) is 4.59. The van der Waals surface area contributed by atoms with E-state index in [-0.39, 0.29) is 17.6 Å². The van der Waals surface area contributed by atoms with Crippen LogP contribution in [-0.4, -0.2) is 22.4 Å². The standard InChI is InChI=1S/C21H22FN3OS/c1-2-15(16-5-7-18(22)8-6-16)12-20(26)24-11-9-19-14-27-21(25-19)17-4-3-10-23-13-17/h3-8,10,13-15H,2,9,11-12H2,1H3,(H,24,26). The van der Waals surface area contributed by atoms with Crippen LogP contribution in [-0.2, 0) is 11.2 Å². The molecule has 0 aliphatic heterocycles. The molecule has 0 bridgehead atoms. The number of aromatic nitrogens is 2. The average molecular weight is 383 g/mol. The van der Waals surface area contributed by atoms with Crippen molar-refractivity contribution in [1.82, 2.24) is 15.3 Å². The van der Waals surface area contributed by atoms with Gasteiger partial charge in [-0.15, -0.1) is 11.3 Å². The monoisotopic (exact) mass is 383 g/mol. The minimum atomic E-state index is -0.257. The van der Waals surface area contributed by atoms with Crippen LogP contribution in [0.1, 0.15) is 36.9 Å². The summed E-state index contributed by atoms with van der Waals surface area (Å²) < 4.78 is 13.1. The molecule has 1 atom stereocenters. The summed E-state index contributed by atoms with van der Waals surface area (Å²) in [5.74, 6) is -0.150. The Labute approximate surface area is 162 Å². The van der Waals surface area contributed by atoms with Gasteiger partial charge in [-0.05, 0) is 42.2 Å². The number of hydrogen-bond acceptors (Lipinski definition) is 4. The van der Waals surface area contributed by atoms with Crippen LogP contribution in [0.2, 0.25) is 0 Å². The van der Waals surface area contributed by atoms with Gasteiger partial charge in [0.25, 0.3) is 0 Å². The molecule has 3 aromatic rings. The number of hydrogen-bond donors (Lipinski definition) is 1. The van der Waals surface area contributed by atoms with E-state index in [4.69, 9.17) is 0 Å². The molecule has 0 saturated carbocycles. The minimum Gasteiger partial charge on any atom is -0.356 e.